The summed E-state index contributed by atoms with van der Waals surface area (Å²) < 4.78 is 0. The summed E-state index contributed by atoms with van der Waals surface area (Å²) in [6, 6.07) is 0. The van der Waals surface area contributed by atoms with Crippen molar-refractivity contribution in [3.63, 3.8) is 0 Å². The fourth-order valence-corrected chi connectivity index (χ4v) is 1.74. The molecule has 0 aromatic heterocycles. The number of hydrogen-bond acceptors (Lipinski definition) is 0. The Morgan fingerprint density at radius 2 is 1.89 bits per heavy atom. The van der Waals surface area contributed by atoms with Gasteiger partial charge in [-0.2, -0.15) is 0 Å². The first-order valence-corrected chi connectivity index (χ1v) is 3.85. The van der Waals surface area contributed by atoms with E-state index in [1.807, 2.05) is 0 Å². The molecule has 9 heavy (non-hydrogen) atoms. The number of allylic oxidation sites excluding steroid dienone is 4. The number of hydrogen-bond donors (Lipinski definition) is 0. The summed E-state index contributed by atoms with van der Waals surface area (Å²) in [5.74, 6) is 0.940. The Bertz CT molecular complexity index is 157. The van der Waals surface area contributed by atoms with Crippen LogP contribution in [0, 0.1) is 5.92 Å². The van der Waals surface area contributed by atoms with Gasteiger partial charge in [0.2, 0.25) is 0 Å². The van der Waals surface area contributed by atoms with Crippen molar-refractivity contribution in [2.45, 2.75) is 25.7 Å². The van der Waals surface area contributed by atoms with Crippen molar-refractivity contribution in [3.8, 4) is 0 Å². The van der Waals surface area contributed by atoms with Crippen LogP contribution in [0.25, 0.3) is 0 Å². The maximum Gasteiger partial charge on any atom is -0.0162 e. The highest BCUT2D eigenvalue weighted by Crippen LogP contribution is 2.33. The second kappa shape index (κ2) is 2.02. The van der Waals surface area contributed by atoms with Gasteiger partial charge in [-0.05, 0) is 24.3 Å². The van der Waals surface area contributed by atoms with Crippen LogP contribution in [-0.2, 0) is 0 Å². The Kier molecular flexibility index (Phi) is 1.18. The van der Waals surface area contributed by atoms with Crippen LogP contribution in [-0.4, -0.2) is 0 Å². The van der Waals surface area contributed by atoms with Crippen LogP contribution in [0.3, 0.4) is 0 Å². The molecule has 2 aliphatic carbocycles. The molecule has 0 spiro atoms. The summed E-state index contributed by atoms with van der Waals surface area (Å²) in [5.41, 5.74) is 1.60. The Hall–Kier alpha value is -0.520. The lowest BCUT2D eigenvalue weighted by molar-refractivity contribution is 0.653. The minimum Gasteiger partial charge on any atom is -0.0617 e. The first kappa shape index (κ1) is 5.28. The van der Waals surface area contributed by atoms with Gasteiger partial charge >= 0.3 is 0 Å². The van der Waals surface area contributed by atoms with Crippen molar-refractivity contribution in [1.82, 2.24) is 0 Å². The predicted octanol–water partition coefficient (Wildman–Crippen LogP) is 2.67. The van der Waals surface area contributed by atoms with Crippen LogP contribution >= 0.6 is 0 Å². The minimum atomic E-state index is 0.940. The third kappa shape index (κ3) is 0.827. The summed E-state index contributed by atoms with van der Waals surface area (Å²) in [6.07, 6.45) is 12.5. The molecule has 0 aliphatic heterocycles. The highest BCUT2D eigenvalue weighted by Gasteiger charge is 2.18. The van der Waals surface area contributed by atoms with Crippen LogP contribution in [0.2, 0.25) is 0 Å². The second-order valence-corrected chi connectivity index (χ2v) is 3.01. The summed E-state index contributed by atoms with van der Waals surface area (Å²) in [4.78, 5) is 0. The van der Waals surface area contributed by atoms with E-state index in [0.717, 1.165) is 5.92 Å². The standard InChI is InChI=1S/C9H12/c1-2-5-8(4-1)9-6-3-7-9/h3,6-8H,1-2,4-5H2. The normalized spacial score (nSPS) is 26.0. The fourth-order valence-electron chi connectivity index (χ4n) is 1.74. The molecule has 0 amide bonds. The molecule has 0 aromatic carbocycles. The van der Waals surface area contributed by atoms with E-state index in [-0.39, 0.29) is 0 Å². The van der Waals surface area contributed by atoms with E-state index in [1.54, 1.807) is 5.57 Å². The Morgan fingerprint density at radius 3 is 2.33 bits per heavy atom. The molecular weight excluding hydrogens is 108 g/mol. The lowest BCUT2D eigenvalue weighted by Gasteiger charge is -2.13. The quantitative estimate of drug-likeness (QED) is 0.499. The maximum absolute atomic E-state index is 2.26. The zero-order valence-corrected chi connectivity index (χ0v) is 5.64. The molecule has 0 saturated heterocycles. The molecule has 0 aromatic rings. The topological polar surface area (TPSA) is 0 Å². The van der Waals surface area contributed by atoms with Crippen LogP contribution < -0.4 is 0 Å². The van der Waals surface area contributed by atoms with Gasteiger partial charge in [0.1, 0.15) is 0 Å². The molecule has 0 heterocycles. The molecule has 1 saturated carbocycles. The second-order valence-electron chi connectivity index (χ2n) is 3.01. The van der Waals surface area contributed by atoms with Crippen molar-refractivity contribution in [3.05, 3.63) is 23.8 Å². The average Bonchev–Trinajstić information content (AvgIpc) is 2.11. The van der Waals surface area contributed by atoms with Crippen LogP contribution in [0.15, 0.2) is 23.8 Å². The third-order valence-corrected chi connectivity index (χ3v) is 2.40. The lowest BCUT2D eigenvalue weighted by Crippen LogP contribution is -1.98. The van der Waals surface area contributed by atoms with E-state index in [4.69, 9.17) is 0 Å². The van der Waals surface area contributed by atoms with Gasteiger partial charge in [-0.25, -0.2) is 0 Å². The van der Waals surface area contributed by atoms with Gasteiger partial charge in [0.25, 0.3) is 0 Å². The van der Waals surface area contributed by atoms with Crippen molar-refractivity contribution in [2.75, 3.05) is 0 Å². The first-order valence-electron chi connectivity index (χ1n) is 3.85. The largest absolute Gasteiger partial charge is 0.0617 e. The predicted molar refractivity (Wildman–Crippen MR) is 39.2 cm³/mol. The van der Waals surface area contributed by atoms with Crippen LogP contribution in [0.5, 0.6) is 0 Å². The molecule has 1 fully saturated rings. The molecule has 2 aliphatic rings. The van der Waals surface area contributed by atoms with Crippen molar-refractivity contribution < 1.29 is 0 Å². The monoisotopic (exact) mass is 120 g/mol. The van der Waals surface area contributed by atoms with Crippen molar-refractivity contribution in [1.29, 1.82) is 0 Å². The fraction of sp³-hybridized carbons (Fsp3) is 0.556. The molecule has 0 atom stereocenters. The van der Waals surface area contributed by atoms with Gasteiger partial charge < -0.3 is 0 Å². The molecular formula is C9H12. The van der Waals surface area contributed by atoms with Crippen LogP contribution in [0.4, 0.5) is 0 Å². The van der Waals surface area contributed by atoms with Gasteiger partial charge in [0.05, 0.1) is 0 Å². The average molecular weight is 120 g/mol. The van der Waals surface area contributed by atoms with Gasteiger partial charge in [-0.1, -0.05) is 31.1 Å². The van der Waals surface area contributed by atoms with Gasteiger partial charge in [0.15, 0.2) is 0 Å². The minimum absolute atomic E-state index is 0.940. The third-order valence-electron chi connectivity index (χ3n) is 2.40. The maximum atomic E-state index is 2.26. The summed E-state index contributed by atoms with van der Waals surface area (Å²) in [5, 5.41) is 0. The van der Waals surface area contributed by atoms with E-state index in [2.05, 4.69) is 18.2 Å². The van der Waals surface area contributed by atoms with Crippen molar-refractivity contribution >= 4 is 0 Å². The summed E-state index contributed by atoms with van der Waals surface area (Å²) in [6.45, 7) is 0. The smallest absolute Gasteiger partial charge is 0.0162 e. The molecule has 0 bridgehead atoms. The van der Waals surface area contributed by atoms with Gasteiger partial charge in [-0.15, -0.1) is 0 Å². The molecule has 2 rings (SSSR count). The zero-order chi connectivity index (χ0) is 6.10. The molecule has 0 nitrogen and oxygen atoms in total. The van der Waals surface area contributed by atoms with E-state index in [0.29, 0.717) is 0 Å². The van der Waals surface area contributed by atoms with Crippen molar-refractivity contribution in [2.24, 2.45) is 5.92 Å². The van der Waals surface area contributed by atoms with E-state index >= 15 is 0 Å². The van der Waals surface area contributed by atoms with E-state index < -0.39 is 0 Å². The molecule has 0 radical (unpaired) electrons. The zero-order valence-electron chi connectivity index (χ0n) is 5.64. The summed E-state index contributed by atoms with van der Waals surface area (Å²) in [7, 11) is 0. The number of rotatable bonds is 1. The van der Waals surface area contributed by atoms with E-state index in [1.165, 1.54) is 25.7 Å². The van der Waals surface area contributed by atoms with Crippen LogP contribution in [0.1, 0.15) is 25.7 Å². The highest BCUT2D eigenvalue weighted by molar-refractivity contribution is 5.37. The first-order chi connectivity index (χ1) is 4.47. The van der Waals surface area contributed by atoms with Gasteiger partial charge in [0, 0.05) is 0 Å². The SMILES string of the molecule is C1=CC(C2CCCC2)=C1. The van der Waals surface area contributed by atoms with E-state index in [9.17, 15) is 0 Å². The molecule has 48 valence electrons. The Labute approximate surface area is 56.3 Å². The highest BCUT2D eigenvalue weighted by atomic mass is 14.2. The summed E-state index contributed by atoms with van der Waals surface area (Å²) >= 11 is 0. The van der Waals surface area contributed by atoms with Gasteiger partial charge in [-0.3, -0.25) is 0 Å². The molecule has 0 unspecified atom stereocenters. The Balaban J connectivity index is 1.97. The molecule has 0 N–H and O–H groups in total. The molecule has 0 heteroatoms. The Morgan fingerprint density at radius 1 is 1.22 bits per heavy atom. The lowest BCUT2D eigenvalue weighted by atomic mass is 9.92.